The molecule has 0 aliphatic heterocycles. The van der Waals surface area contributed by atoms with Crippen molar-refractivity contribution in [1.82, 2.24) is 4.98 Å². The third-order valence-corrected chi connectivity index (χ3v) is 3.12. The average molecular weight is 261 g/mol. The van der Waals surface area contributed by atoms with Crippen molar-refractivity contribution in [2.24, 2.45) is 5.41 Å². The summed E-state index contributed by atoms with van der Waals surface area (Å²) in [6.07, 6.45) is 0.571. The van der Waals surface area contributed by atoms with E-state index in [0.29, 0.717) is 13.0 Å². The van der Waals surface area contributed by atoms with E-state index in [-0.39, 0.29) is 11.7 Å². The lowest BCUT2D eigenvalue weighted by atomic mass is 9.88. The minimum atomic E-state index is -0.571. The molecule has 0 atom stereocenters. The molecule has 0 fully saturated rings. The Labute approximate surface area is 112 Å². The molecule has 0 bridgehead atoms. The number of aromatic amines is 1. The fraction of sp³-hybridized carbons (Fsp3) is 0.400. The van der Waals surface area contributed by atoms with Crippen LogP contribution in [0.15, 0.2) is 24.3 Å². The molecule has 4 nitrogen and oxygen atoms in total. The van der Waals surface area contributed by atoms with Gasteiger partial charge >= 0.3 is 5.97 Å². The number of fused-ring (bicyclic) bond motifs is 1. The van der Waals surface area contributed by atoms with Crippen molar-refractivity contribution >= 4 is 16.9 Å². The van der Waals surface area contributed by atoms with E-state index in [4.69, 9.17) is 4.74 Å². The van der Waals surface area contributed by atoms with Crippen molar-refractivity contribution in [1.29, 1.82) is 0 Å². The predicted octanol–water partition coefficient (Wildman–Crippen LogP) is 3.01. The molecule has 0 amide bonds. The molecule has 102 valence electrons. The summed E-state index contributed by atoms with van der Waals surface area (Å²) in [7, 11) is 0. The van der Waals surface area contributed by atoms with Crippen molar-refractivity contribution in [3.8, 4) is 5.75 Å². The normalized spacial score (nSPS) is 11.7. The van der Waals surface area contributed by atoms with Gasteiger partial charge in [-0.1, -0.05) is 0 Å². The summed E-state index contributed by atoms with van der Waals surface area (Å²) in [5.74, 6) is 0.0409. The predicted molar refractivity (Wildman–Crippen MR) is 74.1 cm³/mol. The van der Waals surface area contributed by atoms with Crippen molar-refractivity contribution in [2.75, 3.05) is 6.61 Å². The van der Waals surface area contributed by atoms with Crippen molar-refractivity contribution in [3.63, 3.8) is 0 Å². The zero-order valence-electron chi connectivity index (χ0n) is 11.5. The van der Waals surface area contributed by atoms with E-state index in [1.165, 1.54) is 0 Å². The van der Waals surface area contributed by atoms with Crippen LogP contribution >= 0.6 is 0 Å². The topological polar surface area (TPSA) is 62.3 Å². The largest absolute Gasteiger partial charge is 0.508 e. The van der Waals surface area contributed by atoms with Crippen LogP contribution in [0.5, 0.6) is 5.75 Å². The molecule has 0 saturated heterocycles. The number of hydrogen-bond donors (Lipinski definition) is 2. The monoisotopic (exact) mass is 261 g/mol. The zero-order valence-corrected chi connectivity index (χ0v) is 11.5. The Bertz CT molecular complexity index is 598. The molecular weight excluding hydrogens is 242 g/mol. The maximum atomic E-state index is 11.9. The highest BCUT2D eigenvalue weighted by atomic mass is 16.5. The van der Waals surface area contributed by atoms with Crippen LogP contribution in [0, 0.1) is 5.41 Å². The van der Waals surface area contributed by atoms with Gasteiger partial charge in [-0.05, 0) is 45.0 Å². The van der Waals surface area contributed by atoms with E-state index in [1.807, 2.05) is 26.0 Å². The molecule has 0 saturated carbocycles. The lowest BCUT2D eigenvalue weighted by molar-refractivity contribution is -0.153. The van der Waals surface area contributed by atoms with Gasteiger partial charge < -0.3 is 14.8 Å². The molecule has 0 aliphatic carbocycles. The molecule has 1 heterocycles. The SMILES string of the molecule is CCOC(=O)C(C)(C)Cc1cc2cc(O)ccc2[nH]1. The third-order valence-electron chi connectivity index (χ3n) is 3.12. The number of H-pyrrole nitrogens is 1. The number of aromatic hydroxyl groups is 1. The number of benzene rings is 1. The summed E-state index contributed by atoms with van der Waals surface area (Å²) in [6.45, 7) is 5.93. The molecule has 1 aromatic carbocycles. The van der Waals surface area contributed by atoms with Gasteiger partial charge in [0, 0.05) is 23.0 Å². The molecule has 0 radical (unpaired) electrons. The molecule has 1 aromatic heterocycles. The Morgan fingerprint density at radius 3 is 2.79 bits per heavy atom. The number of hydrogen-bond acceptors (Lipinski definition) is 3. The molecule has 2 aromatic rings. The fourth-order valence-corrected chi connectivity index (χ4v) is 2.15. The second-order valence-corrected chi connectivity index (χ2v) is 5.35. The summed E-state index contributed by atoms with van der Waals surface area (Å²) in [5, 5.41) is 10.4. The van der Waals surface area contributed by atoms with E-state index >= 15 is 0 Å². The number of aromatic nitrogens is 1. The summed E-state index contributed by atoms with van der Waals surface area (Å²) in [4.78, 5) is 15.1. The first-order chi connectivity index (χ1) is 8.92. The summed E-state index contributed by atoms with van der Waals surface area (Å²) in [6, 6.07) is 7.12. The Morgan fingerprint density at radius 1 is 1.37 bits per heavy atom. The highest BCUT2D eigenvalue weighted by Gasteiger charge is 2.30. The van der Waals surface area contributed by atoms with E-state index < -0.39 is 5.41 Å². The number of ether oxygens (including phenoxy) is 1. The van der Waals surface area contributed by atoms with Crippen LogP contribution in [-0.2, 0) is 16.0 Å². The molecule has 2 N–H and O–H groups in total. The minimum absolute atomic E-state index is 0.198. The molecule has 0 aliphatic rings. The van der Waals surface area contributed by atoms with Crippen molar-refractivity contribution in [3.05, 3.63) is 30.0 Å². The molecular formula is C15H19NO3. The van der Waals surface area contributed by atoms with Gasteiger partial charge in [0.1, 0.15) is 5.75 Å². The maximum Gasteiger partial charge on any atom is 0.311 e. The molecule has 19 heavy (non-hydrogen) atoms. The first-order valence-corrected chi connectivity index (χ1v) is 6.40. The van der Waals surface area contributed by atoms with Gasteiger partial charge in [-0.25, -0.2) is 0 Å². The molecule has 2 rings (SSSR count). The number of carbonyl (C=O) groups is 1. The second kappa shape index (κ2) is 4.96. The standard InChI is InChI=1S/C15H19NO3/c1-4-19-14(18)15(2,3)9-11-7-10-8-12(17)5-6-13(10)16-11/h5-8,16-17H,4,9H2,1-3H3. The molecule has 4 heteroatoms. The number of phenols is 1. The Morgan fingerprint density at radius 2 is 2.11 bits per heavy atom. The van der Waals surface area contributed by atoms with Crippen LogP contribution in [0.4, 0.5) is 0 Å². The van der Waals surface area contributed by atoms with Crippen molar-refractivity contribution < 1.29 is 14.6 Å². The Kier molecular flexibility index (Phi) is 3.51. The summed E-state index contributed by atoms with van der Waals surface area (Å²) >= 11 is 0. The number of carbonyl (C=O) groups excluding carboxylic acids is 1. The van der Waals surface area contributed by atoms with Gasteiger partial charge in [-0.15, -0.1) is 0 Å². The van der Waals surface area contributed by atoms with Crippen LogP contribution < -0.4 is 0 Å². The van der Waals surface area contributed by atoms with E-state index in [1.54, 1.807) is 19.1 Å². The minimum Gasteiger partial charge on any atom is -0.508 e. The van der Waals surface area contributed by atoms with Crippen LogP contribution in [-0.4, -0.2) is 22.7 Å². The van der Waals surface area contributed by atoms with Crippen molar-refractivity contribution in [2.45, 2.75) is 27.2 Å². The Balaban J connectivity index is 2.23. The summed E-state index contributed by atoms with van der Waals surface area (Å²) < 4.78 is 5.08. The van der Waals surface area contributed by atoms with Crippen LogP contribution in [0.25, 0.3) is 10.9 Å². The van der Waals surface area contributed by atoms with E-state index in [9.17, 15) is 9.90 Å². The summed E-state index contributed by atoms with van der Waals surface area (Å²) in [5.41, 5.74) is 1.34. The van der Waals surface area contributed by atoms with Gasteiger partial charge in [-0.3, -0.25) is 4.79 Å². The van der Waals surface area contributed by atoms with Gasteiger partial charge in [0.05, 0.1) is 12.0 Å². The van der Waals surface area contributed by atoms with Crippen LogP contribution in [0.1, 0.15) is 26.5 Å². The van der Waals surface area contributed by atoms with Crippen LogP contribution in [0.3, 0.4) is 0 Å². The van der Waals surface area contributed by atoms with Gasteiger partial charge in [0.25, 0.3) is 0 Å². The zero-order chi connectivity index (χ0) is 14.0. The number of rotatable bonds is 4. The van der Waals surface area contributed by atoms with Gasteiger partial charge in [0.2, 0.25) is 0 Å². The third kappa shape index (κ3) is 2.89. The van der Waals surface area contributed by atoms with Gasteiger partial charge in [-0.2, -0.15) is 0 Å². The van der Waals surface area contributed by atoms with E-state index in [0.717, 1.165) is 16.6 Å². The first-order valence-electron chi connectivity index (χ1n) is 6.40. The average Bonchev–Trinajstić information content (AvgIpc) is 2.69. The Hall–Kier alpha value is -1.97. The smallest absolute Gasteiger partial charge is 0.311 e. The lowest BCUT2D eigenvalue weighted by Gasteiger charge is -2.21. The number of phenolic OH excluding ortho intramolecular Hbond substituents is 1. The van der Waals surface area contributed by atoms with Crippen LogP contribution in [0.2, 0.25) is 0 Å². The second-order valence-electron chi connectivity index (χ2n) is 5.35. The molecule has 0 unspecified atom stereocenters. The maximum absolute atomic E-state index is 11.9. The highest BCUT2D eigenvalue weighted by Crippen LogP contribution is 2.27. The van der Waals surface area contributed by atoms with Gasteiger partial charge in [0.15, 0.2) is 0 Å². The molecule has 0 spiro atoms. The van der Waals surface area contributed by atoms with E-state index in [2.05, 4.69) is 4.98 Å². The number of nitrogens with one attached hydrogen (secondary N) is 1. The lowest BCUT2D eigenvalue weighted by Crippen LogP contribution is -2.29. The number of esters is 1. The highest BCUT2D eigenvalue weighted by molar-refractivity contribution is 5.82. The first kappa shape index (κ1) is 13.5. The quantitative estimate of drug-likeness (QED) is 0.832. The fourth-order valence-electron chi connectivity index (χ4n) is 2.15.